The minimum absolute atomic E-state index is 0.0392. The molecule has 110 valence electrons. The Balaban J connectivity index is 2.17. The highest BCUT2D eigenvalue weighted by molar-refractivity contribution is 6.30. The zero-order chi connectivity index (χ0) is 15.6. The van der Waals surface area contributed by atoms with E-state index in [1.807, 2.05) is 0 Å². The van der Waals surface area contributed by atoms with Gasteiger partial charge < -0.3 is 5.32 Å². The molecule has 0 saturated heterocycles. The van der Waals surface area contributed by atoms with Gasteiger partial charge in [0.2, 0.25) is 0 Å². The van der Waals surface area contributed by atoms with Crippen molar-refractivity contribution in [2.24, 2.45) is 0 Å². The van der Waals surface area contributed by atoms with Crippen molar-refractivity contribution in [2.75, 3.05) is 5.32 Å². The number of nitrogens with one attached hydrogen (secondary N) is 1. The van der Waals surface area contributed by atoms with Crippen LogP contribution in [0.1, 0.15) is 21.6 Å². The van der Waals surface area contributed by atoms with Gasteiger partial charge in [0, 0.05) is 16.9 Å². The maximum atomic E-state index is 12.4. The lowest BCUT2D eigenvalue weighted by atomic mass is 10.2. The second-order valence-electron chi connectivity index (χ2n) is 4.34. The fourth-order valence-electron chi connectivity index (χ4n) is 1.66. The molecule has 0 bridgehead atoms. The number of hydrogen-bond donors (Lipinski definition) is 1. The van der Waals surface area contributed by atoms with Crippen LogP contribution in [0.5, 0.6) is 0 Å². The van der Waals surface area contributed by atoms with Crippen molar-refractivity contribution in [1.82, 2.24) is 4.98 Å². The number of alkyl halides is 3. The van der Waals surface area contributed by atoms with Gasteiger partial charge in [-0.15, -0.1) is 0 Å². The van der Waals surface area contributed by atoms with Crippen molar-refractivity contribution in [3.05, 3.63) is 58.4 Å². The van der Waals surface area contributed by atoms with Gasteiger partial charge in [-0.1, -0.05) is 11.6 Å². The minimum atomic E-state index is -4.53. The molecule has 0 radical (unpaired) electrons. The third kappa shape index (κ3) is 3.72. The van der Waals surface area contributed by atoms with Gasteiger partial charge in [0.05, 0.1) is 5.56 Å². The van der Waals surface area contributed by atoms with Gasteiger partial charge in [0.1, 0.15) is 5.69 Å². The van der Waals surface area contributed by atoms with Crippen LogP contribution in [0.2, 0.25) is 5.02 Å². The Morgan fingerprint density at radius 1 is 1.24 bits per heavy atom. The van der Waals surface area contributed by atoms with E-state index in [0.29, 0.717) is 10.7 Å². The summed E-state index contributed by atoms with van der Waals surface area (Å²) in [6.07, 6.45) is -3.63. The van der Waals surface area contributed by atoms with Crippen molar-refractivity contribution in [3.63, 3.8) is 0 Å². The smallest absolute Gasteiger partial charge is 0.322 e. The molecule has 2 rings (SSSR count). The second kappa shape index (κ2) is 5.73. The molecule has 0 saturated carbocycles. The van der Waals surface area contributed by atoms with Crippen molar-refractivity contribution in [2.45, 2.75) is 13.1 Å². The molecule has 1 aromatic carbocycles. The Morgan fingerprint density at radius 2 is 1.95 bits per heavy atom. The number of nitrogens with zero attached hydrogens (tertiary/aromatic N) is 1. The molecule has 0 unspecified atom stereocenters. The summed E-state index contributed by atoms with van der Waals surface area (Å²) in [4.78, 5) is 15.2. The van der Waals surface area contributed by atoms with Gasteiger partial charge in [0.15, 0.2) is 0 Å². The van der Waals surface area contributed by atoms with Crippen LogP contribution in [-0.4, -0.2) is 10.9 Å². The number of rotatable bonds is 2. The van der Waals surface area contributed by atoms with Crippen LogP contribution in [0.25, 0.3) is 0 Å². The number of benzene rings is 1. The molecule has 0 fully saturated rings. The van der Waals surface area contributed by atoms with E-state index in [1.54, 1.807) is 25.1 Å². The number of hydrogen-bond acceptors (Lipinski definition) is 2. The molecule has 1 aromatic heterocycles. The van der Waals surface area contributed by atoms with E-state index in [-0.39, 0.29) is 5.56 Å². The first-order chi connectivity index (χ1) is 9.77. The molecule has 2 aromatic rings. The summed E-state index contributed by atoms with van der Waals surface area (Å²) in [5.74, 6) is -0.540. The van der Waals surface area contributed by atoms with E-state index in [0.717, 1.165) is 23.9 Å². The van der Waals surface area contributed by atoms with Crippen molar-refractivity contribution in [3.8, 4) is 0 Å². The fourth-order valence-corrected chi connectivity index (χ4v) is 1.88. The summed E-state index contributed by atoms with van der Waals surface area (Å²) in [5, 5.41) is 3.12. The monoisotopic (exact) mass is 314 g/mol. The Kier molecular flexibility index (Phi) is 4.18. The SMILES string of the molecule is Cc1cc(Cl)ccc1NC(=O)c1ccc(C(F)(F)F)nc1. The Morgan fingerprint density at radius 3 is 2.48 bits per heavy atom. The van der Waals surface area contributed by atoms with Gasteiger partial charge in [0.25, 0.3) is 5.91 Å². The Hall–Kier alpha value is -2.08. The molecular weight excluding hydrogens is 305 g/mol. The molecule has 0 aliphatic carbocycles. The summed E-state index contributed by atoms with van der Waals surface area (Å²) in [6, 6.07) is 6.74. The number of amides is 1. The molecule has 1 amide bonds. The maximum absolute atomic E-state index is 12.4. The Bertz CT molecular complexity index is 669. The van der Waals surface area contributed by atoms with Crippen LogP contribution >= 0.6 is 11.6 Å². The first kappa shape index (κ1) is 15.3. The molecule has 0 atom stereocenters. The summed E-state index contributed by atoms with van der Waals surface area (Å²) in [6.45, 7) is 1.76. The highest BCUT2D eigenvalue weighted by atomic mass is 35.5. The van der Waals surface area contributed by atoms with Gasteiger partial charge in [-0.3, -0.25) is 9.78 Å². The molecule has 0 spiro atoms. The lowest BCUT2D eigenvalue weighted by Gasteiger charge is -2.09. The molecule has 0 aliphatic heterocycles. The van der Waals surface area contributed by atoms with Gasteiger partial charge in [-0.05, 0) is 42.8 Å². The van der Waals surface area contributed by atoms with Crippen molar-refractivity contribution >= 4 is 23.2 Å². The molecule has 0 aliphatic rings. The number of aryl methyl sites for hydroxylation is 1. The van der Waals surface area contributed by atoms with Gasteiger partial charge in [-0.25, -0.2) is 0 Å². The number of carbonyl (C=O) groups is 1. The zero-order valence-corrected chi connectivity index (χ0v) is 11.6. The van der Waals surface area contributed by atoms with E-state index >= 15 is 0 Å². The predicted molar refractivity (Wildman–Crippen MR) is 73.4 cm³/mol. The van der Waals surface area contributed by atoms with Crippen LogP contribution in [0.15, 0.2) is 36.5 Å². The lowest BCUT2D eigenvalue weighted by molar-refractivity contribution is -0.141. The summed E-state index contributed by atoms with van der Waals surface area (Å²) < 4.78 is 37.1. The van der Waals surface area contributed by atoms with E-state index in [9.17, 15) is 18.0 Å². The molecule has 21 heavy (non-hydrogen) atoms. The lowest BCUT2D eigenvalue weighted by Crippen LogP contribution is -2.14. The van der Waals surface area contributed by atoms with Crippen LogP contribution in [0, 0.1) is 6.92 Å². The average Bonchev–Trinajstić information content (AvgIpc) is 2.41. The zero-order valence-electron chi connectivity index (χ0n) is 10.8. The van der Waals surface area contributed by atoms with Crippen molar-refractivity contribution < 1.29 is 18.0 Å². The molecule has 7 heteroatoms. The number of pyridine rings is 1. The highest BCUT2D eigenvalue weighted by Crippen LogP contribution is 2.27. The molecular formula is C14H10ClF3N2O. The topological polar surface area (TPSA) is 42.0 Å². The third-order valence-electron chi connectivity index (χ3n) is 2.75. The first-order valence-corrected chi connectivity index (χ1v) is 6.26. The summed E-state index contributed by atoms with van der Waals surface area (Å²) in [7, 11) is 0. The summed E-state index contributed by atoms with van der Waals surface area (Å²) >= 11 is 5.80. The number of aromatic nitrogens is 1. The number of carbonyl (C=O) groups excluding carboxylic acids is 1. The Labute approximate surface area is 123 Å². The third-order valence-corrected chi connectivity index (χ3v) is 2.99. The fraction of sp³-hybridized carbons (Fsp3) is 0.143. The van der Waals surface area contributed by atoms with Crippen LogP contribution in [0.4, 0.5) is 18.9 Å². The van der Waals surface area contributed by atoms with Gasteiger partial charge in [-0.2, -0.15) is 13.2 Å². The largest absolute Gasteiger partial charge is 0.433 e. The van der Waals surface area contributed by atoms with E-state index in [4.69, 9.17) is 11.6 Å². The molecule has 1 heterocycles. The molecule has 1 N–H and O–H groups in total. The molecule has 3 nitrogen and oxygen atoms in total. The minimum Gasteiger partial charge on any atom is -0.322 e. The van der Waals surface area contributed by atoms with Gasteiger partial charge >= 0.3 is 6.18 Å². The van der Waals surface area contributed by atoms with E-state index in [1.165, 1.54) is 0 Å². The van der Waals surface area contributed by atoms with Crippen molar-refractivity contribution in [1.29, 1.82) is 0 Å². The van der Waals surface area contributed by atoms with Crippen LogP contribution in [0.3, 0.4) is 0 Å². The first-order valence-electron chi connectivity index (χ1n) is 5.88. The van der Waals surface area contributed by atoms with E-state index in [2.05, 4.69) is 10.3 Å². The average molecular weight is 315 g/mol. The highest BCUT2D eigenvalue weighted by Gasteiger charge is 2.32. The van der Waals surface area contributed by atoms with Crippen LogP contribution in [-0.2, 0) is 6.18 Å². The second-order valence-corrected chi connectivity index (χ2v) is 4.78. The standard InChI is InChI=1S/C14H10ClF3N2O/c1-8-6-10(15)3-4-11(8)20-13(21)9-2-5-12(19-7-9)14(16,17)18/h2-7H,1H3,(H,20,21). The van der Waals surface area contributed by atoms with E-state index < -0.39 is 17.8 Å². The normalized spacial score (nSPS) is 11.3. The summed E-state index contributed by atoms with van der Waals surface area (Å²) in [5.41, 5.74) is 0.277. The maximum Gasteiger partial charge on any atom is 0.433 e. The van der Waals surface area contributed by atoms with Crippen LogP contribution < -0.4 is 5.32 Å². The predicted octanol–water partition coefficient (Wildman–Crippen LogP) is 4.31. The number of anilines is 1. The quantitative estimate of drug-likeness (QED) is 0.897. The number of halogens is 4.